The molecule has 0 radical (unpaired) electrons. The quantitative estimate of drug-likeness (QED) is 0.205. The van der Waals surface area contributed by atoms with Crippen molar-refractivity contribution in [1.82, 2.24) is 15.0 Å². The zero-order valence-corrected chi connectivity index (χ0v) is 24.4. The molecule has 41 heavy (non-hydrogen) atoms. The van der Waals surface area contributed by atoms with Gasteiger partial charge in [-0.2, -0.15) is 0 Å². The number of hydrogen-bond donors (Lipinski definition) is 3. The van der Waals surface area contributed by atoms with E-state index < -0.39 is 11.6 Å². The molecule has 4 heterocycles. The first-order chi connectivity index (χ1) is 18.9. The monoisotopic (exact) mass is 618 g/mol. The second kappa shape index (κ2) is 12.7. The minimum Gasteiger partial charge on any atom is -0.504 e. The van der Waals surface area contributed by atoms with E-state index in [4.69, 9.17) is 22.3 Å². The van der Waals surface area contributed by atoms with Crippen LogP contribution in [-0.2, 0) is 0 Å². The largest absolute Gasteiger partial charge is 0.504 e. The first-order valence-electron chi connectivity index (χ1n) is 13.1. The summed E-state index contributed by atoms with van der Waals surface area (Å²) >= 11 is 6.02. The summed E-state index contributed by atoms with van der Waals surface area (Å²) in [4.78, 5) is 29.5. The van der Waals surface area contributed by atoms with E-state index in [9.17, 15) is 14.3 Å². The molecule has 0 bridgehead atoms. The smallest absolute Gasteiger partial charge is 0.170 e. The molecule has 1 unspecified atom stereocenters. The molecule has 1 atom stereocenters. The van der Waals surface area contributed by atoms with Crippen molar-refractivity contribution < 1.29 is 14.3 Å². The first kappa shape index (κ1) is 30.7. The number of rotatable bonds is 6. The maximum atomic E-state index is 14.3. The van der Waals surface area contributed by atoms with Gasteiger partial charge < -0.3 is 21.1 Å². The fourth-order valence-corrected chi connectivity index (χ4v) is 5.36. The van der Waals surface area contributed by atoms with Crippen molar-refractivity contribution in [3.63, 3.8) is 0 Å². The van der Waals surface area contributed by atoms with E-state index >= 15 is 0 Å². The third kappa shape index (κ3) is 6.18. The van der Waals surface area contributed by atoms with Gasteiger partial charge in [0.25, 0.3) is 0 Å². The van der Waals surface area contributed by atoms with Gasteiger partial charge in [0.15, 0.2) is 17.3 Å². The number of anilines is 3. The van der Waals surface area contributed by atoms with Crippen molar-refractivity contribution in [2.75, 3.05) is 23.3 Å². The van der Waals surface area contributed by atoms with Gasteiger partial charge in [-0.25, -0.2) is 14.4 Å². The second-order valence-electron chi connectivity index (χ2n) is 10.3. The molecule has 8 nitrogen and oxygen atoms in total. The van der Waals surface area contributed by atoms with Gasteiger partial charge in [0.2, 0.25) is 0 Å². The number of aromatic nitrogens is 3. The molecule has 6 rings (SSSR count). The van der Waals surface area contributed by atoms with Crippen LogP contribution in [0.25, 0.3) is 22.3 Å². The van der Waals surface area contributed by atoms with Crippen molar-refractivity contribution >= 4 is 70.4 Å². The number of carbonyl (C=O) groups excluding carboxylic acids is 1. The number of halogens is 4. The third-order valence-corrected chi connectivity index (χ3v) is 7.85. The normalized spacial score (nSPS) is 16.9. The van der Waals surface area contributed by atoms with Crippen molar-refractivity contribution in [1.29, 1.82) is 0 Å². The molecule has 1 aliphatic heterocycles. The number of fused-ring (bicyclic) bond motifs is 1. The van der Waals surface area contributed by atoms with Crippen LogP contribution in [0.3, 0.4) is 0 Å². The number of nitrogens with zero attached hydrogens (tertiary/aromatic N) is 4. The van der Waals surface area contributed by atoms with Gasteiger partial charge in [0.05, 0.1) is 39.4 Å². The number of phenolic OH excluding ortho intramolecular Hbond substituents is 1. The molecule has 1 aromatic carbocycles. The first-order valence-corrected chi connectivity index (χ1v) is 13.5. The summed E-state index contributed by atoms with van der Waals surface area (Å²) in [7, 11) is 0. The number of piperidine rings is 1. The summed E-state index contributed by atoms with van der Waals surface area (Å²) in [6.07, 6.45) is 8.11. The fourth-order valence-electron chi connectivity index (χ4n) is 5.15. The highest BCUT2D eigenvalue weighted by Gasteiger charge is 2.29. The summed E-state index contributed by atoms with van der Waals surface area (Å²) < 4.78 is 14.3. The Balaban J connectivity index is 0.00000194. The Labute approximate surface area is 254 Å². The molecule has 216 valence electrons. The van der Waals surface area contributed by atoms with E-state index in [-0.39, 0.29) is 47.6 Å². The Morgan fingerprint density at radius 3 is 2.54 bits per heavy atom. The van der Waals surface area contributed by atoms with E-state index in [0.717, 1.165) is 51.0 Å². The Morgan fingerprint density at radius 1 is 1.07 bits per heavy atom. The third-order valence-electron chi connectivity index (χ3n) is 7.57. The second-order valence-corrected chi connectivity index (χ2v) is 10.7. The van der Waals surface area contributed by atoms with Gasteiger partial charge >= 0.3 is 0 Å². The van der Waals surface area contributed by atoms with Crippen LogP contribution in [0.5, 0.6) is 5.75 Å². The van der Waals surface area contributed by atoms with Crippen LogP contribution in [0.15, 0.2) is 48.8 Å². The molecule has 1 saturated carbocycles. The standard InChI is InChI=1S/C29H28ClFN6O2.2ClH/c30-21-11-17(12-22(31)29(21)39)23-7-8-24-27(36-23)26(20(14-33-24)28(38)16-3-1-4-16)35-19-6-9-25(34-13-19)37-10-2-5-18(32)15-37;;/h6-9,11-14,16,18,39H,1-5,10,15,32H2,(H,33,35);2*1H. The lowest BCUT2D eigenvalue weighted by atomic mass is 9.80. The molecule has 2 fully saturated rings. The topological polar surface area (TPSA) is 117 Å². The number of Topliss-reactive ketones (excluding diaryl/α,β-unsaturated/α-hetero) is 1. The molecule has 1 aliphatic carbocycles. The van der Waals surface area contributed by atoms with Gasteiger partial charge in [-0.15, -0.1) is 24.8 Å². The average Bonchev–Trinajstić information content (AvgIpc) is 2.90. The van der Waals surface area contributed by atoms with Gasteiger partial charge in [0.1, 0.15) is 11.3 Å². The summed E-state index contributed by atoms with van der Waals surface area (Å²) in [5.41, 5.74) is 9.68. The fraction of sp³-hybridized carbons (Fsp3) is 0.310. The van der Waals surface area contributed by atoms with Crippen LogP contribution in [0.2, 0.25) is 5.02 Å². The molecule has 12 heteroatoms. The van der Waals surface area contributed by atoms with Gasteiger partial charge in [-0.3, -0.25) is 9.78 Å². The van der Waals surface area contributed by atoms with Crippen molar-refractivity contribution in [2.45, 2.75) is 38.1 Å². The number of nitrogens with one attached hydrogen (secondary N) is 1. The molecular weight excluding hydrogens is 590 g/mol. The van der Waals surface area contributed by atoms with Crippen LogP contribution in [0.4, 0.5) is 21.6 Å². The maximum Gasteiger partial charge on any atom is 0.170 e. The minimum atomic E-state index is -0.842. The predicted molar refractivity (Wildman–Crippen MR) is 165 cm³/mol. The Bertz CT molecular complexity index is 1550. The minimum absolute atomic E-state index is 0. The summed E-state index contributed by atoms with van der Waals surface area (Å²) in [6.45, 7) is 1.68. The molecule has 1 saturated heterocycles. The van der Waals surface area contributed by atoms with Crippen molar-refractivity contribution in [3.8, 4) is 17.0 Å². The number of ketones is 1. The number of carbonyl (C=O) groups is 1. The number of aromatic hydroxyl groups is 1. The van der Waals surface area contributed by atoms with Gasteiger partial charge in [0, 0.05) is 36.8 Å². The lowest BCUT2D eigenvalue weighted by molar-refractivity contribution is 0.0856. The van der Waals surface area contributed by atoms with Crippen molar-refractivity contribution in [2.24, 2.45) is 11.7 Å². The molecule has 3 aromatic heterocycles. The molecule has 4 aromatic rings. The lowest BCUT2D eigenvalue weighted by Gasteiger charge is -2.31. The van der Waals surface area contributed by atoms with Crippen LogP contribution < -0.4 is 16.0 Å². The van der Waals surface area contributed by atoms with Gasteiger partial charge in [-0.05, 0) is 62.1 Å². The van der Waals surface area contributed by atoms with E-state index in [1.54, 1.807) is 24.5 Å². The maximum absolute atomic E-state index is 14.3. The molecule has 2 aliphatic rings. The van der Waals surface area contributed by atoms with Crippen LogP contribution in [0, 0.1) is 11.7 Å². The van der Waals surface area contributed by atoms with E-state index in [0.29, 0.717) is 39.2 Å². The van der Waals surface area contributed by atoms with Crippen LogP contribution in [0.1, 0.15) is 42.5 Å². The number of benzene rings is 1. The Morgan fingerprint density at radius 2 is 1.88 bits per heavy atom. The summed E-state index contributed by atoms with van der Waals surface area (Å²) in [5, 5.41) is 13.0. The molecule has 4 N–H and O–H groups in total. The van der Waals surface area contributed by atoms with E-state index in [1.807, 2.05) is 12.1 Å². The molecule has 0 spiro atoms. The Hall–Kier alpha value is -3.24. The molecular formula is C29H30Cl3FN6O2. The molecule has 0 amide bonds. The number of nitrogens with two attached hydrogens (primary N) is 1. The number of pyridine rings is 3. The number of hydrogen-bond acceptors (Lipinski definition) is 8. The summed E-state index contributed by atoms with van der Waals surface area (Å²) in [6, 6.07) is 10.1. The lowest BCUT2D eigenvalue weighted by Crippen LogP contribution is -2.43. The van der Waals surface area contributed by atoms with E-state index in [1.165, 1.54) is 12.1 Å². The highest BCUT2D eigenvalue weighted by atomic mass is 35.5. The average molecular weight is 620 g/mol. The van der Waals surface area contributed by atoms with Crippen molar-refractivity contribution in [3.05, 3.63) is 65.2 Å². The SMILES string of the molecule is Cl.Cl.NC1CCCN(c2ccc(Nc3c(C(=O)C4CCC4)cnc4ccc(-c5cc(F)c(O)c(Cl)c5)nc34)cn2)C1. The van der Waals surface area contributed by atoms with E-state index in [2.05, 4.69) is 20.2 Å². The predicted octanol–water partition coefficient (Wildman–Crippen LogP) is 6.69. The van der Waals surface area contributed by atoms with Crippen LogP contribution >= 0.6 is 36.4 Å². The highest BCUT2D eigenvalue weighted by Crippen LogP contribution is 2.37. The zero-order valence-electron chi connectivity index (χ0n) is 22.0. The highest BCUT2D eigenvalue weighted by molar-refractivity contribution is 6.32. The van der Waals surface area contributed by atoms with Crippen LogP contribution in [-0.4, -0.2) is 45.0 Å². The Kier molecular flexibility index (Phi) is 9.54. The van der Waals surface area contributed by atoms with Gasteiger partial charge in [-0.1, -0.05) is 18.0 Å². The number of phenols is 1. The summed E-state index contributed by atoms with van der Waals surface area (Å²) in [5.74, 6) is -0.614. The zero-order chi connectivity index (χ0) is 27.1.